The van der Waals surface area contributed by atoms with Gasteiger partial charge in [0.05, 0.1) is 5.52 Å². The van der Waals surface area contributed by atoms with Gasteiger partial charge in [-0.3, -0.25) is 0 Å². The predicted octanol–water partition coefficient (Wildman–Crippen LogP) is 9.47. The molecule has 186 valence electrons. The molecule has 39 heavy (non-hydrogen) atoms. The Morgan fingerprint density at radius 3 is 2.44 bits per heavy atom. The summed E-state index contributed by atoms with van der Waals surface area (Å²) in [5, 5.41) is 3.65. The highest BCUT2D eigenvalue weighted by molar-refractivity contribution is 6.05. The Morgan fingerprint density at radius 2 is 1.59 bits per heavy atom. The van der Waals surface area contributed by atoms with Gasteiger partial charge in [-0.25, -0.2) is 0 Å². The Bertz CT molecular complexity index is 2000. The summed E-state index contributed by atoms with van der Waals surface area (Å²) in [5.74, 6) is 3.15. The number of terminal acetylenes is 1. The zero-order chi connectivity index (χ0) is 26.3. The maximum atomic E-state index is 6.07. The second kappa shape index (κ2) is 9.39. The number of benzene rings is 4. The minimum absolute atomic E-state index is 0.296. The average Bonchev–Trinajstić information content (AvgIpc) is 3.53. The molecule has 0 fully saturated rings. The van der Waals surface area contributed by atoms with Crippen molar-refractivity contribution in [3.05, 3.63) is 138 Å². The second-order valence-electron chi connectivity index (χ2n) is 10.1. The molecule has 4 aromatic carbocycles. The summed E-state index contributed by atoms with van der Waals surface area (Å²) in [4.78, 5) is 0. The van der Waals surface area contributed by atoms with Crippen molar-refractivity contribution in [3.63, 3.8) is 0 Å². The number of aromatic nitrogens is 1. The van der Waals surface area contributed by atoms with E-state index in [1.807, 2.05) is 48.5 Å². The van der Waals surface area contributed by atoms with E-state index in [1.54, 1.807) is 0 Å². The fourth-order valence-corrected chi connectivity index (χ4v) is 5.92. The summed E-state index contributed by atoms with van der Waals surface area (Å²) in [6.07, 6.45) is 15.6. The summed E-state index contributed by atoms with van der Waals surface area (Å²) in [6.45, 7) is 2.15. The van der Waals surface area contributed by atoms with Crippen molar-refractivity contribution in [2.24, 2.45) is 0 Å². The molecule has 0 bridgehead atoms. The van der Waals surface area contributed by atoms with Crippen molar-refractivity contribution >= 4 is 50.2 Å². The number of hydrogen-bond donors (Lipinski definition) is 0. The molecule has 1 aliphatic rings. The summed E-state index contributed by atoms with van der Waals surface area (Å²) in [5.41, 5.74) is 10.1. The third-order valence-electron chi connectivity index (χ3n) is 7.84. The van der Waals surface area contributed by atoms with E-state index in [9.17, 15) is 0 Å². The summed E-state index contributed by atoms with van der Waals surface area (Å²) >= 11 is 0. The van der Waals surface area contributed by atoms with Crippen LogP contribution in [0.15, 0.2) is 120 Å². The van der Waals surface area contributed by atoms with Crippen LogP contribution < -0.4 is 0 Å². The Kier molecular flexibility index (Phi) is 5.57. The lowest BCUT2D eigenvalue weighted by Crippen LogP contribution is -2.07. The number of furan rings is 1. The van der Waals surface area contributed by atoms with E-state index in [1.165, 1.54) is 38.5 Å². The van der Waals surface area contributed by atoms with E-state index in [0.29, 0.717) is 5.92 Å². The molecule has 2 nitrogen and oxygen atoms in total. The number of hydrogen-bond acceptors (Lipinski definition) is 1. The zero-order valence-corrected chi connectivity index (χ0v) is 21.8. The van der Waals surface area contributed by atoms with Crippen LogP contribution in [0.5, 0.6) is 0 Å². The topological polar surface area (TPSA) is 18.1 Å². The molecule has 2 aromatic heterocycles. The Morgan fingerprint density at radius 1 is 0.846 bits per heavy atom. The van der Waals surface area contributed by atoms with Crippen LogP contribution in [0.1, 0.15) is 35.2 Å². The fourth-order valence-electron chi connectivity index (χ4n) is 5.92. The van der Waals surface area contributed by atoms with Crippen molar-refractivity contribution in [2.75, 3.05) is 0 Å². The van der Waals surface area contributed by atoms with Gasteiger partial charge in [0.1, 0.15) is 11.2 Å². The van der Waals surface area contributed by atoms with E-state index in [0.717, 1.165) is 34.4 Å². The lowest BCUT2D eigenvalue weighted by molar-refractivity contribution is 0.668. The molecule has 7 rings (SSSR count). The number of rotatable bonds is 4. The standard InChI is InChI=1S/C37H27NO/c1-3-26(27-11-5-4-6-12-27)18-17-25(2)38-34-15-9-7-13-30(34)32-23-28(19-21-35(32)38)29-20-22-37-33(24-29)31-14-8-10-16-36(31)39-37/h1,4-22,24,28H,23H2,2H3. The number of allylic oxidation sites excluding steroid dienone is 5. The SMILES string of the molecule is C#CC(=CC=C(C)n1c2c(c3ccccc31)CC(c1ccc3oc4ccccc4c3c1)C=C2)c1ccccc1. The monoisotopic (exact) mass is 501 g/mol. The summed E-state index contributed by atoms with van der Waals surface area (Å²) in [6, 6.07) is 33.7. The quantitative estimate of drug-likeness (QED) is 0.174. The van der Waals surface area contributed by atoms with Crippen LogP contribution in [0.25, 0.3) is 50.2 Å². The van der Waals surface area contributed by atoms with Crippen LogP contribution >= 0.6 is 0 Å². The van der Waals surface area contributed by atoms with Crippen LogP contribution in [0.2, 0.25) is 0 Å². The van der Waals surface area contributed by atoms with Gasteiger partial charge in [-0.2, -0.15) is 0 Å². The van der Waals surface area contributed by atoms with Crippen molar-refractivity contribution in [2.45, 2.75) is 19.3 Å². The Labute approximate surface area is 228 Å². The Balaban J connectivity index is 1.30. The van der Waals surface area contributed by atoms with Crippen LogP contribution in [0.3, 0.4) is 0 Å². The van der Waals surface area contributed by atoms with Crippen molar-refractivity contribution in [1.29, 1.82) is 0 Å². The second-order valence-corrected chi connectivity index (χ2v) is 10.1. The summed E-state index contributed by atoms with van der Waals surface area (Å²) in [7, 11) is 0. The van der Waals surface area contributed by atoms with Gasteiger partial charge >= 0.3 is 0 Å². The fraction of sp³-hybridized carbons (Fsp3) is 0.0811. The first kappa shape index (κ1) is 23.1. The average molecular weight is 502 g/mol. The van der Waals surface area contributed by atoms with Gasteiger partial charge in [-0.15, -0.1) is 6.42 Å². The van der Waals surface area contributed by atoms with Gasteiger partial charge in [0.15, 0.2) is 0 Å². The molecule has 0 N–H and O–H groups in total. The normalized spacial score (nSPS) is 15.6. The first-order chi connectivity index (χ1) is 19.2. The smallest absolute Gasteiger partial charge is 0.135 e. The molecule has 1 atom stereocenters. The van der Waals surface area contributed by atoms with Gasteiger partial charge in [-0.1, -0.05) is 84.8 Å². The molecular formula is C37H27NO. The zero-order valence-electron chi connectivity index (χ0n) is 21.8. The minimum Gasteiger partial charge on any atom is -0.456 e. The van der Waals surface area contributed by atoms with Crippen molar-refractivity contribution in [3.8, 4) is 12.3 Å². The molecular weight excluding hydrogens is 474 g/mol. The van der Waals surface area contributed by atoms with Crippen LogP contribution in [-0.2, 0) is 6.42 Å². The molecule has 0 spiro atoms. The molecule has 0 saturated heterocycles. The highest BCUT2D eigenvalue weighted by atomic mass is 16.3. The van der Waals surface area contributed by atoms with Gasteiger partial charge in [-0.05, 0) is 72.5 Å². The van der Waals surface area contributed by atoms with Gasteiger partial charge in [0.2, 0.25) is 0 Å². The maximum absolute atomic E-state index is 6.07. The summed E-state index contributed by atoms with van der Waals surface area (Å²) < 4.78 is 8.43. The maximum Gasteiger partial charge on any atom is 0.135 e. The molecule has 0 saturated carbocycles. The molecule has 1 aliphatic carbocycles. The molecule has 0 amide bonds. The lowest BCUT2D eigenvalue weighted by Gasteiger charge is -2.19. The molecule has 1 unspecified atom stereocenters. The van der Waals surface area contributed by atoms with Crippen molar-refractivity contribution in [1.82, 2.24) is 4.57 Å². The van der Waals surface area contributed by atoms with Gasteiger partial charge < -0.3 is 8.98 Å². The highest BCUT2D eigenvalue weighted by Gasteiger charge is 2.23. The highest BCUT2D eigenvalue weighted by Crippen LogP contribution is 2.39. The molecule has 6 aromatic rings. The van der Waals surface area contributed by atoms with E-state index >= 15 is 0 Å². The third-order valence-corrected chi connectivity index (χ3v) is 7.84. The lowest BCUT2D eigenvalue weighted by atomic mass is 9.86. The van der Waals surface area contributed by atoms with Crippen molar-refractivity contribution < 1.29 is 4.42 Å². The van der Waals surface area contributed by atoms with Gasteiger partial charge in [0, 0.05) is 39.0 Å². The minimum atomic E-state index is 0.296. The molecule has 0 radical (unpaired) electrons. The largest absolute Gasteiger partial charge is 0.456 e. The molecule has 2 heterocycles. The molecule has 0 aliphatic heterocycles. The van der Waals surface area contributed by atoms with Crippen LogP contribution in [0.4, 0.5) is 0 Å². The van der Waals surface area contributed by atoms with E-state index in [2.05, 4.69) is 90.2 Å². The van der Waals surface area contributed by atoms with Gasteiger partial charge in [0.25, 0.3) is 0 Å². The van der Waals surface area contributed by atoms with Crippen LogP contribution in [-0.4, -0.2) is 4.57 Å². The number of nitrogens with zero attached hydrogens (tertiary/aromatic N) is 1. The van der Waals surface area contributed by atoms with Crippen LogP contribution in [0, 0.1) is 12.3 Å². The third kappa shape index (κ3) is 3.92. The predicted molar refractivity (Wildman–Crippen MR) is 164 cm³/mol. The molecule has 2 heteroatoms. The van der Waals surface area contributed by atoms with E-state index in [-0.39, 0.29) is 0 Å². The Hall–Kier alpha value is -5.00. The number of para-hydroxylation sites is 2. The van der Waals surface area contributed by atoms with E-state index < -0.39 is 0 Å². The van der Waals surface area contributed by atoms with E-state index in [4.69, 9.17) is 10.8 Å². The first-order valence-corrected chi connectivity index (χ1v) is 13.3. The number of fused-ring (bicyclic) bond motifs is 6. The first-order valence-electron chi connectivity index (χ1n) is 13.3.